The largest absolute Gasteiger partial charge is 0.498 e. The standard InChI is InChI=1S/C13H15N4O.C4H8NO.CH4.Y/c1-4-17-9-10(8-14-17)11-6-5-7-12(15-11)13(18)16(2)3;1-4(6)5(2)3;;/h5-9H,1,4H2,2-3H3;2H2,1,3H3;1H4;/q2*-1;;. The molecule has 0 saturated heterocycles. The summed E-state index contributed by atoms with van der Waals surface area (Å²) in [6, 6.07) is 5.38. The number of rotatable bonds is 3. The molecule has 0 atom stereocenters. The summed E-state index contributed by atoms with van der Waals surface area (Å²) < 4.78 is 1.72. The van der Waals surface area contributed by atoms with E-state index in [4.69, 9.17) is 0 Å². The number of pyridine rings is 1. The molecule has 0 spiro atoms. The van der Waals surface area contributed by atoms with E-state index in [1.165, 1.54) is 16.7 Å². The Balaban J connectivity index is 0. The number of carbonyl (C=O) groups excluding carboxylic acids is 2. The Labute approximate surface area is 181 Å². The van der Waals surface area contributed by atoms with Gasteiger partial charge in [0.25, 0.3) is 5.91 Å². The monoisotopic (exact) mass is 434 g/mol. The minimum Gasteiger partial charge on any atom is -0.498 e. The van der Waals surface area contributed by atoms with Crippen LogP contribution < -0.4 is 0 Å². The molecule has 2 aromatic rings. The molecule has 2 aromatic heterocycles. The van der Waals surface area contributed by atoms with Crippen molar-refractivity contribution in [3.05, 3.63) is 50.3 Å². The number of nitrogens with zero attached hydrogens (tertiary/aromatic N) is 5. The fraction of sp³-hybridized carbons (Fsp3) is 0.333. The Bertz CT molecular complexity index is 698. The van der Waals surface area contributed by atoms with Gasteiger partial charge in [0.15, 0.2) is 5.91 Å². The van der Waals surface area contributed by atoms with Crippen molar-refractivity contribution in [1.29, 1.82) is 0 Å². The van der Waals surface area contributed by atoms with Gasteiger partial charge in [0.2, 0.25) is 0 Å². The van der Waals surface area contributed by atoms with Gasteiger partial charge in [-0.15, -0.1) is 0 Å². The van der Waals surface area contributed by atoms with Gasteiger partial charge in [-0.25, -0.2) is 4.98 Å². The molecule has 0 aromatic carbocycles. The summed E-state index contributed by atoms with van der Waals surface area (Å²) in [7, 11) is 8.35. The van der Waals surface area contributed by atoms with Crippen molar-refractivity contribution in [3.63, 3.8) is 0 Å². The van der Waals surface area contributed by atoms with Crippen molar-refractivity contribution in [2.45, 2.75) is 20.9 Å². The van der Waals surface area contributed by atoms with E-state index in [9.17, 15) is 9.59 Å². The predicted octanol–water partition coefficient (Wildman–Crippen LogP) is 2.37. The van der Waals surface area contributed by atoms with Gasteiger partial charge in [0.1, 0.15) is 5.69 Å². The van der Waals surface area contributed by atoms with Crippen LogP contribution in [0.4, 0.5) is 0 Å². The molecule has 141 valence electrons. The van der Waals surface area contributed by atoms with Crippen molar-refractivity contribution in [2.75, 3.05) is 21.1 Å². The molecule has 2 amide bonds. The summed E-state index contributed by atoms with van der Waals surface area (Å²) in [5.41, 5.74) is 2.05. The van der Waals surface area contributed by atoms with Gasteiger partial charge in [-0.3, -0.25) is 16.6 Å². The fourth-order valence-electron chi connectivity index (χ4n) is 1.56. The second kappa shape index (κ2) is 12.7. The summed E-state index contributed by atoms with van der Waals surface area (Å²) in [6.45, 7) is 5.78. The van der Waals surface area contributed by atoms with Gasteiger partial charge < -0.3 is 21.4 Å². The fourth-order valence-corrected chi connectivity index (χ4v) is 1.56. The quantitative estimate of drug-likeness (QED) is 0.696. The third-order valence-corrected chi connectivity index (χ3v) is 3.07. The van der Waals surface area contributed by atoms with Crippen LogP contribution in [0.5, 0.6) is 0 Å². The van der Waals surface area contributed by atoms with Gasteiger partial charge in [-0.1, -0.05) is 20.0 Å². The summed E-state index contributed by atoms with van der Waals surface area (Å²) >= 11 is 0. The molecule has 1 radical (unpaired) electrons. The first kappa shape index (κ1) is 26.6. The zero-order valence-electron chi connectivity index (χ0n) is 15.1. The zero-order chi connectivity index (χ0) is 18.3. The molecule has 0 saturated carbocycles. The van der Waals surface area contributed by atoms with Crippen LogP contribution in [-0.4, -0.2) is 57.5 Å². The molecule has 0 N–H and O–H groups in total. The number of carbonyl (C=O) groups is 2. The van der Waals surface area contributed by atoms with E-state index in [-0.39, 0.29) is 52.0 Å². The van der Waals surface area contributed by atoms with Crippen molar-refractivity contribution >= 4 is 11.8 Å². The molecule has 7 nitrogen and oxygen atoms in total. The van der Waals surface area contributed by atoms with Crippen molar-refractivity contribution in [1.82, 2.24) is 24.6 Å². The van der Waals surface area contributed by atoms with Crippen molar-refractivity contribution in [2.24, 2.45) is 0 Å². The number of amides is 2. The Morgan fingerprint density at radius 1 is 1.23 bits per heavy atom. The first-order chi connectivity index (χ1) is 11.3. The Morgan fingerprint density at radius 2 is 1.81 bits per heavy atom. The first-order valence-corrected chi connectivity index (χ1v) is 7.31. The molecular formula is C18H27N5O2Y-2. The van der Waals surface area contributed by atoms with E-state index in [2.05, 4.69) is 24.1 Å². The molecule has 2 rings (SSSR count). The van der Waals surface area contributed by atoms with Gasteiger partial charge in [0.05, 0.1) is 11.9 Å². The van der Waals surface area contributed by atoms with Gasteiger partial charge in [0, 0.05) is 65.5 Å². The Kier molecular flexibility index (Phi) is 13.0. The smallest absolute Gasteiger partial charge is 0.271 e. The molecule has 0 aliphatic carbocycles. The molecule has 26 heavy (non-hydrogen) atoms. The maximum atomic E-state index is 11.8. The third-order valence-electron chi connectivity index (χ3n) is 3.07. The number of hydrogen-bond donors (Lipinski definition) is 0. The van der Waals surface area contributed by atoms with E-state index >= 15 is 0 Å². The second-order valence-corrected chi connectivity index (χ2v) is 5.32. The van der Waals surface area contributed by atoms with Crippen LogP contribution in [0.1, 0.15) is 24.8 Å². The van der Waals surface area contributed by atoms with Crippen LogP contribution >= 0.6 is 0 Å². The van der Waals surface area contributed by atoms with Crippen molar-refractivity contribution < 1.29 is 42.3 Å². The topological polar surface area (TPSA) is 71.3 Å². The molecule has 0 fully saturated rings. The SMILES string of the molecule is C.[CH2-]Cn1cc(-c2cccc(C(=O)N(C)C)n2)cn1.[CH2-]N(C)C(C)=O.[Y]. The minimum atomic E-state index is -0.110. The molecule has 0 unspecified atom stereocenters. The van der Waals surface area contributed by atoms with Crippen LogP contribution in [0.25, 0.3) is 11.3 Å². The van der Waals surface area contributed by atoms with E-state index in [0.717, 1.165) is 11.3 Å². The van der Waals surface area contributed by atoms with Crippen LogP contribution in [0, 0.1) is 14.0 Å². The predicted molar refractivity (Wildman–Crippen MR) is 99.4 cm³/mol. The Hall–Kier alpha value is -1.60. The van der Waals surface area contributed by atoms with Crippen LogP contribution in [0.15, 0.2) is 30.6 Å². The summed E-state index contributed by atoms with van der Waals surface area (Å²) in [5.74, 6) is -0.128. The summed E-state index contributed by atoms with van der Waals surface area (Å²) in [5, 5.41) is 4.14. The maximum Gasteiger partial charge on any atom is 0.271 e. The van der Waals surface area contributed by atoms with Crippen molar-refractivity contribution in [3.8, 4) is 11.3 Å². The van der Waals surface area contributed by atoms with E-state index in [0.29, 0.717) is 12.2 Å². The number of aromatic nitrogens is 3. The van der Waals surface area contributed by atoms with Gasteiger partial charge >= 0.3 is 0 Å². The molecule has 0 aliphatic heterocycles. The zero-order valence-corrected chi connectivity index (χ0v) is 18.0. The van der Waals surface area contributed by atoms with Crippen LogP contribution in [0.2, 0.25) is 0 Å². The van der Waals surface area contributed by atoms with E-state index in [1.807, 2.05) is 18.3 Å². The molecule has 2 heterocycles. The number of hydrogen-bond acceptors (Lipinski definition) is 4. The average molecular weight is 434 g/mol. The van der Waals surface area contributed by atoms with Gasteiger partial charge in [-0.05, 0) is 19.2 Å². The molecule has 0 bridgehead atoms. The molecular weight excluding hydrogens is 407 g/mol. The van der Waals surface area contributed by atoms with E-state index < -0.39 is 0 Å². The summed E-state index contributed by atoms with van der Waals surface area (Å²) in [4.78, 5) is 29.0. The maximum absolute atomic E-state index is 11.8. The van der Waals surface area contributed by atoms with Gasteiger partial charge in [-0.2, -0.15) is 5.10 Å². The van der Waals surface area contributed by atoms with Crippen LogP contribution in [-0.2, 0) is 44.0 Å². The van der Waals surface area contributed by atoms with Crippen LogP contribution in [0.3, 0.4) is 0 Å². The molecule has 8 heteroatoms. The van der Waals surface area contributed by atoms with E-state index in [1.54, 1.807) is 38.1 Å². The average Bonchev–Trinajstić information content (AvgIpc) is 3.03. The second-order valence-electron chi connectivity index (χ2n) is 5.32. The minimum absolute atomic E-state index is 0. The normalized spacial score (nSPS) is 9.00. The third kappa shape index (κ3) is 8.19. The first-order valence-electron chi connectivity index (χ1n) is 7.31. The summed E-state index contributed by atoms with van der Waals surface area (Å²) in [6.07, 6.45) is 3.58. The Morgan fingerprint density at radius 3 is 2.23 bits per heavy atom. The molecule has 0 aliphatic rings.